The van der Waals surface area contributed by atoms with Crippen LogP contribution in [0.15, 0.2) is 0 Å². The highest BCUT2D eigenvalue weighted by Gasteiger charge is 2.43. The highest BCUT2D eigenvalue weighted by Crippen LogP contribution is 2.37. The molecule has 0 aromatic carbocycles. The van der Waals surface area contributed by atoms with E-state index in [0.29, 0.717) is 0 Å². The van der Waals surface area contributed by atoms with Crippen LogP contribution in [0.4, 0.5) is 0 Å². The lowest BCUT2D eigenvalue weighted by Crippen LogP contribution is -2.44. The first-order valence-electron chi connectivity index (χ1n) is 7.44. The molecule has 0 aromatic rings. The van der Waals surface area contributed by atoms with E-state index >= 15 is 0 Å². The predicted molar refractivity (Wildman–Crippen MR) is 69.3 cm³/mol. The molecule has 18 heavy (non-hydrogen) atoms. The average molecular weight is 252 g/mol. The number of amides is 1. The molecule has 3 rings (SSSR count). The van der Waals surface area contributed by atoms with Crippen LogP contribution >= 0.6 is 0 Å². The van der Waals surface area contributed by atoms with Gasteiger partial charge in [0, 0.05) is 6.54 Å². The number of hydrogen-bond donors (Lipinski definition) is 2. The van der Waals surface area contributed by atoms with Gasteiger partial charge >= 0.3 is 0 Å². The van der Waals surface area contributed by atoms with Crippen LogP contribution in [0.25, 0.3) is 0 Å². The molecule has 1 spiro atoms. The lowest BCUT2D eigenvalue weighted by Gasteiger charge is -2.33. The van der Waals surface area contributed by atoms with Crippen LogP contribution in [-0.4, -0.2) is 37.2 Å². The number of hydrogen-bond acceptors (Lipinski definition) is 3. The van der Waals surface area contributed by atoms with E-state index in [1.54, 1.807) is 0 Å². The first kappa shape index (κ1) is 12.4. The normalized spacial score (nSPS) is 31.2. The van der Waals surface area contributed by atoms with Crippen LogP contribution in [0.1, 0.15) is 44.9 Å². The van der Waals surface area contributed by atoms with Crippen molar-refractivity contribution >= 4 is 5.91 Å². The Morgan fingerprint density at radius 1 is 1.22 bits per heavy atom. The molecular weight excluding hydrogens is 228 g/mol. The van der Waals surface area contributed by atoms with Gasteiger partial charge in [0.1, 0.15) is 6.10 Å². The molecule has 1 amide bonds. The molecule has 0 aromatic heterocycles. The van der Waals surface area contributed by atoms with Gasteiger partial charge in [-0.2, -0.15) is 0 Å². The van der Waals surface area contributed by atoms with Crippen LogP contribution in [-0.2, 0) is 9.53 Å². The Morgan fingerprint density at radius 3 is 2.67 bits per heavy atom. The third kappa shape index (κ3) is 2.54. The van der Waals surface area contributed by atoms with Gasteiger partial charge in [0.2, 0.25) is 5.91 Å². The number of carbonyl (C=O) groups excluding carboxylic acids is 1. The molecule has 2 N–H and O–H groups in total. The Bertz CT molecular complexity index is 309. The molecule has 2 saturated heterocycles. The molecule has 1 saturated carbocycles. The molecule has 3 fully saturated rings. The molecule has 3 aliphatic rings. The standard InChI is InChI=1S/C14H24N2O2/c17-13(16-10-11-2-1-3-11)12-4-5-14(18-12)6-8-15-9-7-14/h11-12,15H,1-10H2,(H,16,17). The van der Waals surface area contributed by atoms with Gasteiger partial charge in [-0.25, -0.2) is 0 Å². The van der Waals surface area contributed by atoms with E-state index in [1.807, 2.05) is 0 Å². The fraction of sp³-hybridized carbons (Fsp3) is 0.929. The van der Waals surface area contributed by atoms with E-state index in [-0.39, 0.29) is 17.6 Å². The largest absolute Gasteiger partial charge is 0.362 e. The first-order valence-corrected chi connectivity index (χ1v) is 7.44. The fourth-order valence-corrected chi connectivity index (χ4v) is 3.30. The summed E-state index contributed by atoms with van der Waals surface area (Å²) in [6.07, 6.45) is 7.76. The molecule has 1 atom stereocenters. The van der Waals surface area contributed by atoms with Crippen LogP contribution in [0.2, 0.25) is 0 Å². The predicted octanol–water partition coefficient (Wildman–Crippen LogP) is 1.20. The fourth-order valence-electron chi connectivity index (χ4n) is 3.30. The summed E-state index contributed by atoms with van der Waals surface area (Å²) in [5.41, 5.74) is 0.00370. The van der Waals surface area contributed by atoms with Crippen molar-refractivity contribution in [3.8, 4) is 0 Å². The average Bonchev–Trinajstić information content (AvgIpc) is 2.72. The lowest BCUT2D eigenvalue weighted by atomic mass is 9.85. The molecule has 4 nitrogen and oxygen atoms in total. The molecular formula is C14H24N2O2. The van der Waals surface area contributed by atoms with E-state index in [1.165, 1.54) is 19.3 Å². The number of carbonyl (C=O) groups is 1. The summed E-state index contributed by atoms with van der Waals surface area (Å²) in [5, 5.41) is 6.42. The van der Waals surface area contributed by atoms with Crippen LogP contribution in [0.3, 0.4) is 0 Å². The molecule has 0 radical (unpaired) electrons. The number of ether oxygens (including phenoxy) is 1. The Morgan fingerprint density at radius 2 is 2.00 bits per heavy atom. The molecule has 1 aliphatic carbocycles. The maximum atomic E-state index is 12.1. The topological polar surface area (TPSA) is 50.4 Å². The van der Waals surface area contributed by atoms with Crippen molar-refractivity contribution in [1.82, 2.24) is 10.6 Å². The van der Waals surface area contributed by atoms with Gasteiger partial charge < -0.3 is 15.4 Å². The highest BCUT2D eigenvalue weighted by molar-refractivity contribution is 5.81. The zero-order valence-electron chi connectivity index (χ0n) is 11.0. The van der Waals surface area contributed by atoms with Gasteiger partial charge in [0.25, 0.3) is 0 Å². The molecule has 2 heterocycles. The first-order chi connectivity index (χ1) is 8.77. The van der Waals surface area contributed by atoms with Crippen molar-refractivity contribution in [2.75, 3.05) is 19.6 Å². The van der Waals surface area contributed by atoms with E-state index in [2.05, 4.69) is 10.6 Å². The second-order valence-corrected chi connectivity index (χ2v) is 6.12. The van der Waals surface area contributed by atoms with E-state index in [9.17, 15) is 4.79 Å². The van der Waals surface area contributed by atoms with Crippen molar-refractivity contribution < 1.29 is 9.53 Å². The summed E-state index contributed by atoms with van der Waals surface area (Å²) >= 11 is 0. The molecule has 102 valence electrons. The maximum Gasteiger partial charge on any atom is 0.249 e. The van der Waals surface area contributed by atoms with Crippen molar-refractivity contribution in [2.24, 2.45) is 5.92 Å². The van der Waals surface area contributed by atoms with Gasteiger partial charge in [0.05, 0.1) is 5.60 Å². The van der Waals surface area contributed by atoms with Gasteiger partial charge in [-0.05, 0) is 57.5 Å². The third-order valence-electron chi connectivity index (χ3n) is 4.85. The summed E-state index contributed by atoms with van der Waals surface area (Å²) in [6, 6.07) is 0. The van der Waals surface area contributed by atoms with Gasteiger partial charge in [-0.3, -0.25) is 4.79 Å². The third-order valence-corrected chi connectivity index (χ3v) is 4.85. The Balaban J connectivity index is 1.46. The van der Waals surface area contributed by atoms with E-state index in [4.69, 9.17) is 4.74 Å². The summed E-state index contributed by atoms with van der Waals surface area (Å²) in [7, 11) is 0. The minimum atomic E-state index is -0.192. The second kappa shape index (κ2) is 5.17. The van der Waals surface area contributed by atoms with Crippen LogP contribution in [0.5, 0.6) is 0 Å². The van der Waals surface area contributed by atoms with Gasteiger partial charge in [-0.1, -0.05) is 6.42 Å². The van der Waals surface area contributed by atoms with E-state index in [0.717, 1.165) is 51.2 Å². The molecule has 0 bridgehead atoms. The van der Waals surface area contributed by atoms with Crippen molar-refractivity contribution in [2.45, 2.75) is 56.7 Å². The number of piperidine rings is 1. The summed E-state index contributed by atoms with van der Waals surface area (Å²) < 4.78 is 6.08. The van der Waals surface area contributed by atoms with Gasteiger partial charge in [-0.15, -0.1) is 0 Å². The Hall–Kier alpha value is -0.610. The van der Waals surface area contributed by atoms with Crippen molar-refractivity contribution in [1.29, 1.82) is 0 Å². The maximum absolute atomic E-state index is 12.1. The van der Waals surface area contributed by atoms with Crippen LogP contribution in [0, 0.1) is 5.92 Å². The minimum Gasteiger partial charge on any atom is -0.362 e. The zero-order valence-corrected chi connectivity index (χ0v) is 11.0. The van der Waals surface area contributed by atoms with E-state index < -0.39 is 0 Å². The molecule has 1 unspecified atom stereocenters. The summed E-state index contributed by atoms with van der Waals surface area (Å²) in [5.74, 6) is 0.848. The number of rotatable bonds is 3. The minimum absolute atomic E-state index is 0.00370. The smallest absolute Gasteiger partial charge is 0.249 e. The SMILES string of the molecule is O=C(NCC1CCC1)C1CCC2(CCNCC2)O1. The Labute approximate surface area is 109 Å². The summed E-state index contributed by atoms with van der Waals surface area (Å²) in [6.45, 7) is 2.90. The Kier molecular flexibility index (Phi) is 3.57. The molecule has 2 aliphatic heterocycles. The van der Waals surface area contributed by atoms with Crippen molar-refractivity contribution in [3.63, 3.8) is 0 Å². The monoisotopic (exact) mass is 252 g/mol. The zero-order chi connectivity index (χ0) is 12.4. The number of nitrogens with one attached hydrogen (secondary N) is 2. The highest BCUT2D eigenvalue weighted by atomic mass is 16.5. The lowest BCUT2D eigenvalue weighted by molar-refractivity contribution is -0.139. The quantitative estimate of drug-likeness (QED) is 0.793. The van der Waals surface area contributed by atoms with Crippen molar-refractivity contribution in [3.05, 3.63) is 0 Å². The van der Waals surface area contributed by atoms with Gasteiger partial charge in [0.15, 0.2) is 0 Å². The van der Waals surface area contributed by atoms with Crippen LogP contribution < -0.4 is 10.6 Å². The summed E-state index contributed by atoms with van der Waals surface area (Å²) in [4.78, 5) is 12.1. The second-order valence-electron chi connectivity index (χ2n) is 6.12. The molecule has 4 heteroatoms.